The van der Waals surface area contributed by atoms with Crippen molar-refractivity contribution in [1.82, 2.24) is 9.97 Å². The number of hydrogen-bond acceptors (Lipinski definition) is 9. The minimum Gasteiger partial charge on any atom is -0.396 e. The van der Waals surface area contributed by atoms with Crippen LogP contribution in [0.25, 0.3) is 42.9 Å². The Bertz CT molecular complexity index is 1440. The molecular formula is C23H14N4S5. The Labute approximate surface area is 204 Å². The van der Waals surface area contributed by atoms with E-state index < -0.39 is 0 Å². The van der Waals surface area contributed by atoms with Crippen molar-refractivity contribution in [1.29, 1.82) is 5.26 Å². The predicted octanol–water partition coefficient (Wildman–Crippen LogP) is 7.64. The topological polar surface area (TPSA) is 75.6 Å². The number of nitrogens with two attached hydrogens (primary N) is 1. The van der Waals surface area contributed by atoms with Crippen LogP contribution in [0.4, 0.5) is 0 Å². The molecule has 0 spiro atoms. The van der Waals surface area contributed by atoms with Gasteiger partial charge in [0, 0.05) is 52.4 Å². The molecule has 0 saturated heterocycles. The summed E-state index contributed by atoms with van der Waals surface area (Å²) in [7, 11) is 0. The lowest BCUT2D eigenvalue weighted by atomic mass is 10.2. The van der Waals surface area contributed by atoms with Crippen LogP contribution in [-0.2, 0) is 0 Å². The van der Waals surface area contributed by atoms with Gasteiger partial charge < -0.3 is 5.73 Å². The number of thiazole rings is 2. The molecular weight excluding hydrogens is 493 g/mol. The van der Waals surface area contributed by atoms with Gasteiger partial charge in [0.2, 0.25) is 0 Å². The monoisotopic (exact) mass is 506 g/mol. The normalized spacial score (nSPS) is 12.2. The zero-order valence-electron chi connectivity index (χ0n) is 16.4. The van der Waals surface area contributed by atoms with Crippen molar-refractivity contribution in [2.75, 3.05) is 0 Å². The van der Waals surface area contributed by atoms with Gasteiger partial charge in [-0.1, -0.05) is 0 Å². The van der Waals surface area contributed by atoms with E-state index in [9.17, 15) is 5.26 Å². The minimum atomic E-state index is 0.594. The summed E-state index contributed by atoms with van der Waals surface area (Å²) in [6.45, 7) is 0. The van der Waals surface area contributed by atoms with E-state index in [0.717, 1.165) is 19.8 Å². The molecule has 0 radical (unpaired) electrons. The van der Waals surface area contributed by atoms with E-state index in [1.165, 1.54) is 42.2 Å². The summed E-state index contributed by atoms with van der Waals surface area (Å²) in [4.78, 5) is 15.5. The summed E-state index contributed by atoms with van der Waals surface area (Å²) in [6, 6.07) is 15.0. The molecule has 0 atom stereocenters. The van der Waals surface area contributed by atoms with Gasteiger partial charge in [-0.25, -0.2) is 9.97 Å². The van der Waals surface area contributed by atoms with Crippen LogP contribution in [0, 0.1) is 11.3 Å². The number of nitrogens with zero attached hydrogens (tertiary/aromatic N) is 3. The Morgan fingerprint density at radius 1 is 0.750 bits per heavy atom. The molecule has 0 aliphatic rings. The van der Waals surface area contributed by atoms with Gasteiger partial charge in [-0.2, -0.15) is 5.26 Å². The van der Waals surface area contributed by atoms with Crippen molar-refractivity contribution in [2.45, 2.75) is 0 Å². The van der Waals surface area contributed by atoms with Crippen molar-refractivity contribution >= 4 is 80.1 Å². The summed E-state index contributed by atoms with van der Waals surface area (Å²) in [5.41, 5.74) is 7.45. The van der Waals surface area contributed by atoms with Gasteiger partial charge in [0.25, 0.3) is 0 Å². The van der Waals surface area contributed by atoms with E-state index in [4.69, 9.17) is 5.73 Å². The van der Waals surface area contributed by atoms with Gasteiger partial charge in [-0.3, -0.25) is 0 Å². The summed E-state index contributed by atoms with van der Waals surface area (Å²) in [6.07, 6.45) is 7.37. The summed E-state index contributed by atoms with van der Waals surface area (Å²) in [5, 5.41) is 14.9. The van der Waals surface area contributed by atoms with Crippen molar-refractivity contribution in [3.05, 3.63) is 79.3 Å². The van der Waals surface area contributed by atoms with E-state index >= 15 is 0 Å². The van der Waals surface area contributed by atoms with Gasteiger partial charge in [0.05, 0.1) is 11.3 Å². The molecule has 0 amide bonds. The van der Waals surface area contributed by atoms with Crippen molar-refractivity contribution < 1.29 is 0 Å². The molecule has 5 rings (SSSR count). The Morgan fingerprint density at radius 2 is 1.28 bits per heavy atom. The zero-order chi connectivity index (χ0) is 21.9. The van der Waals surface area contributed by atoms with Crippen LogP contribution in [-0.4, -0.2) is 9.97 Å². The van der Waals surface area contributed by atoms with Crippen LogP contribution in [0.1, 0.15) is 19.8 Å². The highest BCUT2D eigenvalue weighted by Gasteiger charge is 2.11. The lowest BCUT2D eigenvalue weighted by Crippen LogP contribution is -1.93. The third kappa shape index (κ3) is 4.50. The standard InChI is InChI=1S/C23H14N4S5/c24-13-14(22-26-7-9-28-22)11-15-1-3-18(30-15)20-5-6-21(32-20)19-4-2-16(31-19)12-17(25)23-27-8-10-29-23/h1-12H,25H2/b14-11+,17-12-. The summed E-state index contributed by atoms with van der Waals surface area (Å²) in [5.74, 6) is 0. The Hall–Kier alpha value is -2.87. The average Bonchev–Trinajstić information content (AvgIpc) is 3.62. The van der Waals surface area contributed by atoms with E-state index in [2.05, 4.69) is 52.4 Å². The van der Waals surface area contributed by atoms with Crippen molar-refractivity contribution in [3.8, 4) is 25.6 Å². The Kier molecular flexibility index (Phi) is 6.12. The molecule has 0 saturated carbocycles. The highest BCUT2D eigenvalue weighted by Crippen LogP contribution is 2.40. The van der Waals surface area contributed by atoms with Crippen LogP contribution in [0.15, 0.2) is 59.6 Å². The molecule has 4 nitrogen and oxygen atoms in total. The second-order valence-corrected chi connectivity index (χ2v) is 11.6. The van der Waals surface area contributed by atoms with E-state index in [0.29, 0.717) is 11.3 Å². The first kappa shape index (κ1) is 21.0. The number of allylic oxidation sites excluding steroid dienone is 1. The van der Waals surface area contributed by atoms with Gasteiger partial charge in [-0.15, -0.1) is 56.7 Å². The number of nitriles is 1. The molecule has 5 aromatic heterocycles. The van der Waals surface area contributed by atoms with Gasteiger partial charge >= 0.3 is 0 Å². The minimum absolute atomic E-state index is 0.594. The van der Waals surface area contributed by atoms with Gasteiger partial charge in [0.15, 0.2) is 0 Å². The lowest BCUT2D eigenvalue weighted by molar-refractivity contribution is 1.35. The highest BCUT2D eigenvalue weighted by molar-refractivity contribution is 7.26. The number of aromatic nitrogens is 2. The Balaban J connectivity index is 1.36. The largest absolute Gasteiger partial charge is 0.396 e. The number of hydrogen-bond donors (Lipinski definition) is 1. The van der Waals surface area contributed by atoms with Crippen LogP contribution >= 0.6 is 56.7 Å². The average molecular weight is 507 g/mol. The fraction of sp³-hybridized carbons (Fsp3) is 0. The Morgan fingerprint density at radius 3 is 1.84 bits per heavy atom. The second-order valence-electron chi connectivity index (χ2n) is 6.51. The maximum absolute atomic E-state index is 9.46. The smallest absolute Gasteiger partial charge is 0.139 e. The number of rotatable bonds is 6. The van der Waals surface area contributed by atoms with E-state index in [1.807, 2.05) is 22.9 Å². The molecule has 5 heterocycles. The molecule has 5 aromatic rings. The lowest BCUT2D eigenvalue weighted by Gasteiger charge is -1.94. The molecule has 2 N–H and O–H groups in total. The molecule has 0 aromatic carbocycles. The highest BCUT2D eigenvalue weighted by atomic mass is 32.1. The van der Waals surface area contributed by atoms with Gasteiger partial charge in [0.1, 0.15) is 16.1 Å². The van der Waals surface area contributed by atoms with E-state index in [-0.39, 0.29) is 0 Å². The maximum Gasteiger partial charge on any atom is 0.139 e. The molecule has 0 fully saturated rings. The molecule has 0 aliphatic heterocycles. The second kappa shape index (κ2) is 9.32. The maximum atomic E-state index is 9.46. The summed E-state index contributed by atoms with van der Waals surface area (Å²) < 4.78 is 0. The zero-order valence-corrected chi connectivity index (χ0v) is 20.5. The molecule has 0 aliphatic carbocycles. The molecule has 0 bridgehead atoms. The first-order valence-electron chi connectivity index (χ1n) is 9.38. The van der Waals surface area contributed by atoms with Crippen LogP contribution in [0.2, 0.25) is 0 Å². The van der Waals surface area contributed by atoms with Crippen LogP contribution < -0.4 is 5.73 Å². The number of thiophene rings is 3. The molecule has 32 heavy (non-hydrogen) atoms. The van der Waals surface area contributed by atoms with Crippen LogP contribution in [0.3, 0.4) is 0 Å². The third-order valence-electron chi connectivity index (χ3n) is 4.39. The quantitative estimate of drug-likeness (QED) is 0.240. The first-order chi connectivity index (χ1) is 15.7. The fourth-order valence-electron chi connectivity index (χ4n) is 2.95. The SMILES string of the molecule is N#C/C(=C\c1ccc(-c2ccc(-c3ccc(/C=C(\N)c4nccs4)s3)s2)s1)c1nccs1. The first-order valence-corrected chi connectivity index (χ1v) is 13.6. The fourth-order valence-corrected chi connectivity index (χ4v) is 7.22. The van der Waals surface area contributed by atoms with Crippen molar-refractivity contribution in [2.24, 2.45) is 5.73 Å². The molecule has 0 unspecified atom stereocenters. The third-order valence-corrected chi connectivity index (χ3v) is 9.56. The molecule has 9 heteroatoms. The summed E-state index contributed by atoms with van der Waals surface area (Å²) >= 11 is 8.18. The van der Waals surface area contributed by atoms with Crippen molar-refractivity contribution in [3.63, 3.8) is 0 Å². The molecule has 156 valence electrons. The van der Waals surface area contributed by atoms with Crippen LogP contribution in [0.5, 0.6) is 0 Å². The predicted molar refractivity (Wildman–Crippen MR) is 141 cm³/mol. The van der Waals surface area contributed by atoms with E-state index in [1.54, 1.807) is 46.4 Å². The van der Waals surface area contributed by atoms with Gasteiger partial charge in [-0.05, 0) is 48.6 Å².